The standard InChI is InChI=1S/C22H36ClN3O2/c1-21(2,3)24-15-19(17-9-7-8-10-18(17)23)25-16-11-13-26(14-12-16)20(27)28-22(4,5)6/h7-10,16,19,24-25H,11-15H2,1-6H3. The molecular formula is C22H36ClN3O2. The Bertz CT molecular complexity index is 644. The molecule has 1 aliphatic rings. The first-order valence-electron chi connectivity index (χ1n) is 10.2. The number of rotatable bonds is 5. The van der Waals surface area contributed by atoms with Crippen molar-refractivity contribution in [3.8, 4) is 0 Å². The molecule has 1 aliphatic heterocycles. The second kappa shape index (κ2) is 9.47. The van der Waals surface area contributed by atoms with Crippen molar-refractivity contribution in [2.75, 3.05) is 19.6 Å². The van der Waals surface area contributed by atoms with Crippen LogP contribution in [-0.4, -0.2) is 47.8 Å². The summed E-state index contributed by atoms with van der Waals surface area (Å²) >= 11 is 6.48. The van der Waals surface area contributed by atoms with Gasteiger partial charge in [0.1, 0.15) is 5.60 Å². The summed E-state index contributed by atoms with van der Waals surface area (Å²) in [5.74, 6) is 0. The maximum Gasteiger partial charge on any atom is 0.410 e. The van der Waals surface area contributed by atoms with Crippen LogP contribution in [0.4, 0.5) is 4.79 Å². The van der Waals surface area contributed by atoms with Gasteiger partial charge in [-0.05, 0) is 66.0 Å². The van der Waals surface area contributed by atoms with Crippen molar-refractivity contribution in [1.29, 1.82) is 0 Å². The number of hydrogen-bond acceptors (Lipinski definition) is 4. The third-order valence-electron chi connectivity index (χ3n) is 4.70. The molecule has 1 fully saturated rings. The zero-order chi connectivity index (χ0) is 20.9. The first-order valence-corrected chi connectivity index (χ1v) is 10.6. The van der Waals surface area contributed by atoms with Gasteiger partial charge in [0.05, 0.1) is 0 Å². The molecule has 0 radical (unpaired) electrons. The van der Waals surface area contributed by atoms with Gasteiger partial charge in [-0.2, -0.15) is 0 Å². The fraction of sp³-hybridized carbons (Fsp3) is 0.682. The van der Waals surface area contributed by atoms with Gasteiger partial charge in [0.25, 0.3) is 0 Å². The largest absolute Gasteiger partial charge is 0.444 e. The highest BCUT2D eigenvalue weighted by atomic mass is 35.5. The molecule has 0 bridgehead atoms. The monoisotopic (exact) mass is 409 g/mol. The molecule has 1 aromatic carbocycles. The molecule has 1 aromatic rings. The molecule has 1 heterocycles. The number of likely N-dealkylation sites (tertiary alicyclic amines) is 1. The zero-order valence-corrected chi connectivity index (χ0v) is 18.9. The number of hydrogen-bond donors (Lipinski definition) is 2. The van der Waals surface area contributed by atoms with Gasteiger partial charge in [0.2, 0.25) is 0 Å². The molecule has 0 aliphatic carbocycles. The maximum absolute atomic E-state index is 12.3. The van der Waals surface area contributed by atoms with Crippen LogP contribution in [0.2, 0.25) is 5.02 Å². The minimum Gasteiger partial charge on any atom is -0.444 e. The first kappa shape index (κ1) is 23.0. The van der Waals surface area contributed by atoms with E-state index in [1.54, 1.807) is 4.90 Å². The highest BCUT2D eigenvalue weighted by Crippen LogP contribution is 2.25. The highest BCUT2D eigenvalue weighted by Gasteiger charge is 2.28. The minimum absolute atomic E-state index is 0.0290. The number of piperidine rings is 1. The summed E-state index contributed by atoms with van der Waals surface area (Å²) in [5, 5.41) is 8.13. The van der Waals surface area contributed by atoms with E-state index < -0.39 is 5.60 Å². The smallest absolute Gasteiger partial charge is 0.410 e. The Hall–Kier alpha value is -1.30. The van der Waals surface area contributed by atoms with E-state index in [1.165, 1.54) is 0 Å². The van der Waals surface area contributed by atoms with Gasteiger partial charge in [-0.1, -0.05) is 29.8 Å². The van der Waals surface area contributed by atoms with E-state index in [4.69, 9.17) is 16.3 Å². The average molecular weight is 410 g/mol. The molecule has 0 saturated carbocycles. The van der Waals surface area contributed by atoms with Gasteiger partial charge in [0, 0.05) is 42.3 Å². The lowest BCUT2D eigenvalue weighted by molar-refractivity contribution is 0.0195. The van der Waals surface area contributed by atoms with Crippen molar-refractivity contribution >= 4 is 17.7 Å². The van der Waals surface area contributed by atoms with Crippen molar-refractivity contribution < 1.29 is 9.53 Å². The predicted octanol–water partition coefficient (Wildman–Crippen LogP) is 4.76. The van der Waals surface area contributed by atoms with Gasteiger partial charge in [-0.3, -0.25) is 0 Å². The number of nitrogens with zero attached hydrogens (tertiary/aromatic N) is 1. The molecule has 0 aromatic heterocycles. The van der Waals surface area contributed by atoms with Crippen LogP contribution in [0.15, 0.2) is 24.3 Å². The SMILES string of the molecule is CC(C)(C)NCC(NC1CCN(C(=O)OC(C)(C)C)CC1)c1ccccc1Cl. The number of amides is 1. The van der Waals surface area contributed by atoms with E-state index in [-0.39, 0.29) is 17.7 Å². The topological polar surface area (TPSA) is 53.6 Å². The van der Waals surface area contributed by atoms with Crippen LogP contribution in [0.1, 0.15) is 66.0 Å². The molecule has 2 rings (SSSR count). The summed E-state index contributed by atoms with van der Waals surface area (Å²) in [5.41, 5.74) is 0.678. The summed E-state index contributed by atoms with van der Waals surface area (Å²) in [6.07, 6.45) is 1.58. The minimum atomic E-state index is -0.458. The van der Waals surface area contributed by atoms with Crippen molar-refractivity contribution in [3.05, 3.63) is 34.9 Å². The van der Waals surface area contributed by atoms with Gasteiger partial charge < -0.3 is 20.3 Å². The highest BCUT2D eigenvalue weighted by molar-refractivity contribution is 6.31. The molecule has 28 heavy (non-hydrogen) atoms. The number of benzene rings is 1. The van der Waals surface area contributed by atoms with E-state index in [0.29, 0.717) is 19.1 Å². The summed E-state index contributed by atoms with van der Waals surface area (Å²) in [6.45, 7) is 14.4. The Morgan fingerprint density at radius 3 is 2.32 bits per heavy atom. The van der Waals surface area contributed by atoms with Crippen LogP contribution in [0.5, 0.6) is 0 Å². The van der Waals surface area contributed by atoms with Gasteiger partial charge >= 0.3 is 6.09 Å². The first-order chi connectivity index (χ1) is 12.9. The van der Waals surface area contributed by atoms with Crippen molar-refractivity contribution in [2.24, 2.45) is 0 Å². The predicted molar refractivity (Wildman–Crippen MR) is 116 cm³/mol. The Balaban J connectivity index is 1.98. The quantitative estimate of drug-likeness (QED) is 0.736. The van der Waals surface area contributed by atoms with E-state index in [0.717, 1.165) is 30.0 Å². The molecule has 158 valence electrons. The summed E-state index contributed by atoms with van der Waals surface area (Å²) in [7, 11) is 0. The summed E-state index contributed by atoms with van der Waals surface area (Å²) in [6, 6.07) is 8.46. The Labute approximate surface area is 175 Å². The van der Waals surface area contributed by atoms with Crippen LogP contribution in [0.3, 0.4) is 0 Å². The summed E-state index contributed by atoms with van der Waals surface area (Å²) in [4.78, 5) is 14.1. The van der Waals surface area contributed by atoms with E-state index >= 15 is 0 Å². The molecule has 6 heteroatoms. The number of halogens is 1. The summed E-state index contributed by atoms with van der Waals surface area (Å²) < 4.78 is 5.49. The number of carbonyl (C=O) groups excluding carboxylic acids is 1. The van der Waals surface area contributed by atoms with Crippen LogP contribution >= 0.6 is 11.6 Å². The van der Waals surface area contributed by atoms with Crippen LogP contribution in [0.25, 0.3) is 0 Å². The average Bonchev–Trinajstić information content (AvgIpc) is 2.57. The molecule has 5 nitrogen and oxygen atoms in total. The second-order valence-corrected chi connectivity index (χ2v) is 10.0. The molecule has 1 unspecified atom stereocenters. The lowest BCUT2D eigenvalue weighted by Gasteiger charge is -2.36. The second-order valence-electron chi connectivity index (χ2n) is 9.61. The lowest BCUT2D eigenvalue weighted by atomic mass is 9.99. The van der Waals surface area contributed by atoms with Gasteiger partial charge in [0.15, 0.2) is 0 Å². The van der Waals surface area contributed by atoms with Crippen LogP contribution in [-0.2, 0) is 4.74 Å². The van der Waals surface area contributed by atoms with Crippen LogP contribution in [0, 0.1) is 0 Å². The lowest BCUT2D eigenvalue weighted by Crippen LogP contribution is -2.49. The zero-order valence-electron chi connectivity index (χ0n) is 18.1. The molecule has 1 amide bonds. The molecule has 1 saturated heterocycles. The van der Waals surface area contributed by atoms with E-state index in [9.17, 15) is 4.79 Å². The third kappa shape index (κ3) is 7.61. The Morgan fingerprint density at radius 1 is 1.18 bits per heavy atom. The number of carbonyl (C=O) groups is 1. The Kier molecular flexibility index (Phi) is 7.77. The fourth-order valence-electron chi connectivity index (χ4n) is 3.26. The Morgan fingerprint density at radius 2 is 1.79 bits per heavy atom. The van der Waals surface area contributed by atoms with E-state index in [1.807, 2.05) is 39.0 Å². The van der Waals surface area contributed by atoms with Crippen molar-refractivity contribution in [2.45, 2.75) is 77.6 Å². The van der Waals surface area contributed by atoms with Crippen molar-refractivity contribution in [1.82, 2.24) is 15.5 Å². The van der Waals surface area contributed by atoms with E-state index in [2.05, 4.69) is 37.5 Å². The molecule has 2 N–H and O–H groups in total. The fourth-order valence-corrected chi connectivity index (χ4v) is 3.53. The number of ether oxygens (including phenoxy) is 1. The van der Waals surface area contributed by atoms with Crippen molar-refractivity contribution in [3.63, 3.8) is 0 Å². The number of nitrogens with one attached hydrogen (secondary N) is 2. The van der Waals surface area contributed by atoms with Gasteiger partial charge in [-0.25, -0.2) is 4.79 Å². The van der Waals surface area contributed by atoms with Gasteiger partial charge in [-0.15, -0.1) is 0 Å². The maximum atomic E-state index is 12.3. The normalized spacial score (nSPS) is 17.5. The molecular weight excluding hydrogens is 374 g/mol. The van der Waals surface area contributed by atoms with Crippen LogP contribution < -0.4 is 10.6 Å². The molecule has 0 spiro atoms. The third-order valence-corrected chi connectivity index (χ3v) is 5.04. The molecule has 1 atom stereocenters.